The minimum Gasteiger partial charge on any atom is -0.495 e. The third kappa shape index (κ3) is 5.33. The highest BCUT2D eigenvalue weighted by molar-refractivity contribution is 7.89. The van der Waals surface area contributed by atoms with Crippen LogP contribution in [0.5, 0.6) is 5.75 Å². The van der Waals surface area contributed by atoms with Gasteiger partial charge in [-0.15, -0.1) is 0 Å². The van der Waals surface area contributed by atoms with E-state index in [4.69, 9.17) is 4.74 Å². The SMILES string of the molecule is CCN(CC)C(=O)[C@@H](Cc1ccccc1)NS(=O)(=O)c1cc(C)ccc1OC. The summed E-state index contributed by atoms with van der Waals surface area (Å²) in [7, 11) is -2.54. The van der Waals surface area contributed by atoms with Crippen LogP contribution >= 0.6 is 0 Å². The fraction of sp³-hybridized carbons (Fsp3) is 0.381. The second-order valence-electron chi connectivity index (χ2n) is 6.53. The number of aryl methyl sites for hydroxylation is 1. The molecule has 6 nitrogen and oxygen atoms in total. The van der Waals surface area contributed by atoms with Gasteiger partial charge in [-0.25, -0.2) is 8.42 Å². The lowest BCUT2D eigenvalue weighted by atomic mass is 10.1. The Labute approximate surface area is 167 Å². The number of hydrogen-bond acceptors (Lipinski definition) is 4. The van der Waals surface area contributed by atoms with Crippen molar-refractivity contribution in [2.24, 2.45) is 0 Å². The van der Waals surface area contributed by atoms with Crippen LogP contribution in [0.1, 0.15) is 25.0 Å². The van der Waals surface area contributed by atoms with E-state index in [2.05, 4.69) is 4.72 Å². The average molecular weight is 405 g/mol. The Morgan fingerprint density at radius 2 is 1.75 bits per heavy atom. The van der Waals surface area contributed by atoms with Crippen LogP contribution in [0, 0.1) is 6.92 Å². The van der Waals surface area contributed by atoms with Gasteiger partial charge in [-0.3, -0.25) is 4.79 Å². The van der Waals surface area contributed by atoms with Crippen molar-refractivity contribution in [3.63, 3.8) is 0 Å². The van der Waals surface area contributed by atoms with Gasteiger partial charge in [0.15, 0.2) is 0 Å². The number of nitrogens with one attached hydrogen (secondary N) is 1. The van der Waals surface area contributed by atoms with E-state index >= 15 is 0 Å². The standard InChI is InChI=1S/C21H28N2O4S/c1-5-23(6-2)21(24)18(15-17-10-8-7-9-11-17)22-28(25,26)20-14-16(3)12-13-19(20)27-4/h7-14,18,22H,5-6,15H2,1-4H3/t18-/m1/s1. The number of ether oxygens (including phenoxy) is 1. The van der Waals surface area contributed by atoms with Gasteiger partial charge in [0.1, 0.15) is 16.7 Å². The van der Waals surface area contributed by atoms with Crippen LogP contribution in [0.25, 0.3) is 0 Å². The number of carbonyl (C=O) groups is 1. The van der Waals surface area contributed by atoms with Crippen molar-refractivity contribution in [2.45, 2.75) is 38.1 Å². The number of benzene rings is 2. The second-order valence-corrected chi connectivity index (χ2v) is 8.21. The molecule has 0 heterocycles. The summed E-state index contributed by atoms with van der Waals surface area (Å²) in [5.41, 5.74) is 1.67. The Bertz CT molecular complexity index is 894. The van der Waals surface area contributed by atoms with E-state index in [1.54, 1.807) is 30.0 Å². The highest BCUT2D eigenvalue weighted by Crippen LogP contribution is 2.25. The van der Waals surface area contributed by atoms with Gasteiger partial charge in [-0.1, -0.05) is 36.4 Å². The summed E-state index contributed by atoms with van der Waals surface area (Å²) in [6.07, 6.45) is 0.267. The maximum Gasteiger partial charge on any atom is 0.244 e. The lowest BCUT2D eigenvalue weighted by Gasteiger charge is -2.26. The van der Waals surface area contributed by atoms with Crippen molar-refractivity contribution < 1.29 is 17.9 Å². The molecule has 0 aromatic heterocycles. The van der Waals surface area contributed by atoms with Crippen LogP contribution in [0.15, 0.2) is 53.4 Å². The molecule has 0 saturated heterocycles. The first-order chi connectivity index (χ1) is 13.3. The fourth-order valence-electron chi connectivity index (χ4n) is 3.03. The van der Waals surface area contributed by atoms with E-state index in [0.717, 1.165) is 11.1 Å². The first kappa shape index (κ1) is 21.9. The van der Waals surface area contributed by atoms with Gasteiger partial charge >= 0.3 is 0 Å². The van der Waals surface area contributed by atoms with Gasteiger partial charge in [0.2, 0.25) is 15.9 Å². The zero-order valence-corrected chi connectivity index (χ0v) is 17.6. The van der Waals surface area contributed by atoms with Crippen LogP contribution in [0.3, 0.4) is 0 Å². The molecule has 0 aliphatic heterocycles. The third-order valence-corrected chi connectivity index (χ3v) is 6.05. The molecule has 1 amide bonds. The molecule has 1 N–H and O–H groups in total. The van der Waals surface area contributed by atoms with Gasteiger partial charge in [-0.2, -0.15) is 4.72 Å². The van der Waals surface area contributed by atoms with Gasteiger partial charge in [0.05, 0.1) is 7.11 Å². The zero-order valence-electron chi connectivity index (χ0n) is 16.8. The van der Waals surface area contributed by atoms with E-state index in [1.165, 1.54) is 7.11 Å². The molecule has 0 radical (unpaired) electrons. The van der Waals surface area contributed by atoms with Crippen molar-refractivity contribution in [2.75, 3.05) is 20.2 Å². The van der Waals surface area contributed by atoms with Crippen LogP contribution in [0.4, 0.5) is 0 Å². The molecule has 0 spiro atoms. The summed E-state index contributed by atoms with van der Waals surface area (Å²) in [6, 6.07) is 13.4. The number of likely N-dealkylation sites (N-methyl/N-ethyl adjacent to an activating group) is 1. The minimum absolute atomic E-state index is 0.0282. The predicted octanol–water partition coefficient (Wildman–Crippen LogP) is 2.76. The number of amides is 1. The van der Waals surface area contributed by atoms with Crippen LogP contribution in [0.2, 0.25) is 0 Å². The quantitative estimate of drug-likeness (QED) is 0.697. The molecule has 152 valence electrons. The normalized spacial score (nSPS) is 12.4. The number of nitrogens with zero attached hydrogens (tertiary/aromatic N) is 1. The number of rotatable bonds is 9. The van der Waals surface area contributed by atoms with Gasteiger partial charge in [-0.05, 0) is 50.5 Å². The molecule has 2 aromatic rings. The summed E-state index contributed by atoms with van der Waals surface area (Å²) in [5.74, 6) is -0.00380. The molecular weight excluding hydrogens is 376 g/mol. The number of sulfonamides is 1. The molecule has 0 aliphatic carbocycles. The first-order valence-electron chi connectivity index (χ1n) is 9.32. The summed E-state index contributed by atoms with van der Waals surface area (Å²) in [6.45, 7) is 6.57. The summed E-state index contributed by atoms with van der Waals surface area (Å²) >= 11 is 0. The topological polar surface area (TPSA) is 75.7 Å². The Hall–Kier alpha value is -2.38. The molecule has 2 aromatic carbocycles. The molecule has 7 heteroatoms. The highest BCUT2D eigenvalue weighted by Gasteiger charge is 2.30. The van der Waals surface area contributed by atoms with Crippen molar-refractivity contribution in [3.8, 4) is 5.75 Å². The second kappa shape index (κ2) is 9.71. The van der Waals surface area contributed by atoms with Crippen LogP contribution in [-0.2, 0) is 21.2 Å². The predicted molar refractivity (Wildman–Crippen MR) is 110 cm³/mol. The van der Waals surface area contributed by atoms with Gasteiger partial charge < -0.3 is 9.64 Å². The lowest BCUT2D eigenvalue weighted by molar-refractivity contribution is -0.132. The molecular formula is C21H28N2O4S. The molecule has 0 saturated carbocycles. The minimum atomic E-state index is -3.96. The summed E-state index contributed by atoms with van der Waals surface area (Å²) in [5, 5.41) is 0. The van der Waals surface area contributed by atoms with Gasteiger partial charge in [0, 0.05) is 13.1 Å². The smallest absolute Gasteiger partial charge is 0.244 e. The van der Waals surface area contributed by atoms with Crippen LogP contribution < -0.4 is 9.46 Å². The van der Waals surface area contributed by atoms with E-state index in [0.29, 0.717) is 13.1 Å². The molecule has 0 unspecified atom stereocenters. The van der Waals surface area contributed by atoms with Crippen molar-refractivity contribution in [3.05, 3.63) is 59.7 Å². The Morgan fingerprint density at radius 1 is 1.11 bits per heavy atom. The molecule has 28 heavy (non-hydrogen) atoms. The fourth-order valence-corrected chi connectivity index (χ4v) is 4.47. The zero-order chi connectivity index (χ0) is 20.7. The summed E-state index contributed by atoms with van der Waals surface area (Å²) in [4.78, 5) is 14.7. The number of carbonyl (C=O) groups excluding carboxylic acids is 1. The third-order valence-electron chi connectivity index (χ3n) is 4.56. The Morgan fingerprint density at radius 3 is 2.32 bits per heavy atom. The molecule has 2 rings (SSSR count). The largest absolute Gasteiger partial charge is 0.495 e. The van der Waals surface area contributed by atoms with Crippen LogP contribution in [-0.4, -0.2) is 45.5 Å². The van der Waals surface area contributed by atoms with Gasteiger partial charge in [0.25, 0.3) is 0 Å². The van der Waals surface area contributed by atoms with E-state index in [1.807, 2.05) is 44.2 Å². The highest BCUT2D eigenvalue weighted by atomic mass is 32.2. The molecule has 1 atom stereocenters. The lowest BCUT2D eigenvalue weighted by Crippen LogP contribution is -2.49. The van der Waals surface area contributed by atoms with Crippen molar-refractivity contribution >= 4 is 15.9 Å². The number of methoxy groups -OCH3 is 1. The molecule has 0 fully saturated rings. The molecule has 0 aliphatic rings. The van der Waals surface area contributed by atoms with Crippen molar-refractivity contribution in [1.82, 2.24) is 9.62 Å². The van der Waals surface area contributed by atoms with E-state index in [-0.39, 0.29) is 23.0 Å². The maximum absolute atomic E-state index is 13.1. The monoisotopic (exact) mass is 404 g/mol. The Balaban J connectivity index is 2.40. The average Bonchev–Trinajstić information content (AvgIpc) is 2.69. The van der Waals surface area contributed by atoms with E-state index < -0.39 is 16.1 Å². The van der Waals surface area contributed by atoms with Crippen molar-refractivity contribution in [1.29, 1.82) is 0 Å². The maximum atomic E-state index is 13.1. The summed E-state index contributed by atoms with van der Waals surface area (Å²) < 4.78 is 34.0. The number of hydrogen-bond donors (Lipinski definition) is 1. The van der Waals surface area contributed by atoms with E-state index in [9.17, 15) is 13.2 Å². The molecule has 0 bridgehead atoms. The Kier molecular flexibility index (Phi) is 7.60. The first-order valence-corrected chi connectivity index (χ1v) is 10.8.